The van der Waals surface area contributed by atoms with Gasteiger partial charge in [0.2, 0.25) is 10.0 Å². The largest absolute Gasteiger partial charge is 0.336 e. The van der Waals surface area contributed by atoms with Gasteiger partial charge in [-0.1, -0.05) is 0 Å². The highest BCUT2D eigenvalue weighted by Crippen LogP contribution is 2.40. The Balaban J connectivity index is 1.33. The Morgan fingerprint density at radius 1 is 1.23 bits per heavy atom. The molecule has 0 radical (unpaired) electrons. The number of benzene rings is 1. The molecule has 1 fully saturated rings. The van der Waals surface area contributed by atoms with Crippen LogP contribution >= 0.6 is 0 Å². The van der Waals surface area contributed by atoms with Crippen LogP contribution in [0.1, 0.15) is 42.5 Å². The molecule has 156 valence electrons. The lowest BCUT2D eigenvalue weighted by Gasteiger charge is -2.11. The van der Waals surface area contributed by atoms with E-state index >= 15 is 0 Å². The molecule has 0 amide bonds. The van der Waals surface area contributed by atoms with Crippen LogP contribution in [0.5, 0.6) is 0 Å². The van der Waals surface area contributed by atoms with Gasteiger partial charge < -0.3 is 5.32 Å². The molecule has 1 saturated carbocycles. The van der Waals surface area contributed by atoms with Crippen LogP contribution in [-0.2, 0) is 16.6 Å². The van der Waals surface area contributed by atoms with E-state index in [0.29, 0.717) is 5.82 Å². The fraction of sp³-hybridized carbons (Fsp3) is 0.316. The van der Waals surface area contributed by atoms with E-state index in [9.17, 15) is 17.6 Å². The van der Waals surface area contributed by atoms with Crippen LogP contribution in [0.3, 0.4) is 0 Å². The molecule has 1 aliphatic heterocycles. The molecule has 1 aliphatic carbocycles. The summed E-state index contributed by atoms with van der Waals surface area (Å²) in [4.78, 5) is 12.0. The number of halogens is 1. The van der Waals surface area contributed by atoms with Gasteiger partial charge in [0.25, 0.3) is 5.56 Å². The molecule has 0 unspecified atom stereocenters. The summed E-state index contributed by atoms with van der Waals surface area (Å²) in [7, 11) is -3.62. The summed E-state index contributed by atoms with van der Waals surface area (Å²) in [5.41, 5.74) is 1.07. The molecule has 11 heteroatoms. The van der Waals surface area contributed by atoms with Crippen molar-refractivity contribution < 1.29 is 12.8 Å². The lowest BCUT2D eigenvalue weighted by Crippen LogP contribution is -2.24. The van der Waals surface area contributed by atoms with Gasteiger partial charge in [-0.05, 0) is 37.5 Å². The van der Waals surface area contributed by atoms with Crippen molar-refractivity contribution in [2.75, 3.05) is 5.32 Å². The van der Waals surface area contributed by atoms with Gasteiger partial charge in [-0.15, -0.1) is 0 Å². The first kappa shape index (κ1) is 18.9. The predicted octanol–water partition coefficient (Wildman–Crippen LogP) is 2.15. The van der Waals surface area contributed by atoms with Gasteiger partial charge in [0.1, 0.15) is 0 Å². The van der Waals surface area contributed by atoms with Crippen molar-refractivity contribution in [2.24, 2.45) is 0 Å². The summed E-state index contributed by atoms with van der Waals surface area (Å²) in [5.74, 6) is 0.0170. The van der Waals surface area contributed by atoms with Gasteiger partial charge >= 0.3 is 0 Å². The third-order valence-corrected chi connectivity index (χ3v) is 7.21. The number of aromatic amines is 1. The van der Waals surface area contributed by atoms with E-state index in [1.807, 2.05) is 6.07 Å². The highest BCUT2D eigenvalue weighted by Gasteiger charge is 2.31. The van der Waals surface area contributed by atoms with Crippen molar-refractivity contribution in [3.63, 3.8) is 0 Å². The van der Waals surface area contributed by atoms with Crippen LogP contribution in [0.4, 0.5) is 15.9 Å². The number of nitrogens with one attached hydrogen (secondary N) is 3. The summed E-state index contributed by atoms with van der Waals surface area (Å²) >= 11 is 0. The number of hydrogen-bond donors (Lipinski definition) is 3. The molecular weight excluding hydrogens is 411 g/mol. The second kappa shape index (κ2) is 7.03. The number of nitrogens with zero attached hydrogens (tertiary/aromatic N) is 3. The summed E-state index contributed by atoms with van der Waals surface area (Å²) in [5, 5.41) is 14.3. The van der Waals surface area contributed by atoms with Crippen LogP contribution in [-0.4, -0.2) is 28.4 Å². The monoisotopic (exact) mass is 430 g/mol. The lowest BCUT2D eigenvalue weighted by molar-refractivity contribution is 0.438. The van der Waals surface area contributed by atoms with E-state index in [0.717, 1.165) is 25.0 Å². The third kappa shape index (κ3) is 3.19. The second-order valence-corrected chi connectivity index (χ2v) is 9.27. The van der Waals surface area contributed by atoms with E-state index in [-0.39, 0.29) is 40.2 Å². The maximum absolute atomic E-state index is 14.7. The average Bonchev–Trinajstić information content (AvgIpc) is 3.44. The third-order valence-electron chi connectivity index (χ3n) is 5.72. The first-order chi connectivity index (χ1) is 14.4. The van der Waals surface area contributed by atoms with Crippen LogP contribution < -0.4 is 15.6 Å². The molecule has 5 rings (SSSR count). The van der Waals surface area contributed by atoms with Crippen molar-refractivity contribution >= 4 is 21.5 Å². The molecule has 9 nitrogen and oxygen atoms in total. The topological polar surface area (TPSA) is 122 Å². The zero-order valence-corrected chi connectivity index (χ0v) is 16.6. The molecule has 3 aromatic rings. The molecule has 1 aromatic carbocycles. The van der Waals surface area contributed by atoms with Gasteiger partial charge in [-0.2, -0.15) is 10.2 Å². The van der Waals surface area contributed by atoms with Gasteiger partial charge in [-0.3, -0.25) is 9.89 Å². The normalized spacial score (nSPS) is 22.2. The quantitative estimate of drug-likeness (QED) is 0.583. The number of aromatic nitrogens is 4. The Morgan fingerprint density at radius 3 is 2.93 bits per heavy atom. The van der Waals surface area contributed by atoms with E-state index in [2.05, 4.69) is 25.3 Å². The summed E-state index contributed by atoms with van der Waals surface area (Å²) in [6, 6.07) is 7.76. The first-order valence-corrected chi connectivity index (χ1v) is 11.1. The molecule has 3 N–H and O–H groups in total. The van der Waals surface area contributed by atoms with Crippen molar-refractivity contribution in [3.8, 4) is 0 Å². The average molecular weight is 430 g/mol. The minimum atomic E-state index is -3.62. The SMILES string of the molecule is O=c1cccnn1[C@H]1CC[C@@H](c2cc(Nc3ccc4c(c3F)CNS4(=O)=O)n[nH]2)C1. The van der Waals surface area contributed by atoms with Gasteiger partial charge in [0.15, 0.2) is 11.6 Å². The van der Waals surface area contributed by atoms with Crippen LogP contribution in [0.25, 0.3) is 0 Å². The Labute approximate surface area is 171 Å². The summed E-state index contributed by atoms with van der Waals surface area (Å²) < 4.78 is 42.2. The number of fused-ring (bicyclic) bond motifs is 1. The minimum Gasteiger partial charge on any atom is -0.336 e. The number of rotatable bonds is 4. The summed E-state index contributed by atoms with van der Waals surface area (Å²) in [6.07, 6.45) is 4.09. The molecule has 0 spiro atoms. The molecule has 3 heterocycles. The van der Waals surface area contributed by atoms with Gasteiger partial charge in [0.05, 0.1) is 16.6 Å². The van der Waals surface area contributed by atoms with E-state index in [4.69, 9.17) is 0 Å². The lowest BCUT2D eigenvalue weighted by atomic mass is 10.0. The maximum Gasteiger partial charge on any atom is 0.266 e. The minimum absolute atomic E-state index is 0.0324. The Morgan fingerprint density at radius 2 is 2.10 bits per heavy atom. The first-order valence-electron chi connectivity index (χ1n) is 9.59. The molecule has 2 atom stereocenters. The highest BCUT2D eigenvalue weighted by atomic mass is 32.2. The fourth-order valence-corrected chi connectivity index (χ4v) is 5.44. The molecule has 30 heavy (non-hydrogen) atoms. The number of sulfonamides is 1. The maximum atomic E-state index is 14.7. The summed E-state index contributed by atoms with van der Waals surface area (Å²) in [6.45, 7) is -0.0683. The van der Waals surface area contributed by atoms with E-state index in [1.165, 1.54) is 22.9 Å². The van der Waals surface area contributed by atoms with Crippen molar-refractivity contribution in [2.45, 2.75) is 42.7 Å². The van der Waals surface area contributed by atoms with E-state index in [1.54, 1.807) is 12.3 Å². The zero-order chi connectivity index (χ0) is 20.9. The number of anilines is 2. The Hall–Kier alpha value is -3.05. The highest BCUT2D eigenvalue weighted by molar-refractivity contribution is 7.89. The van der Waals surface area contributed by atoms with Crippen molar-refractivity contribution in [1.29, 1.82) is 0 Å². The predicted molar refractivity (Wildman–Crippen MR) is 106 cm³/mol. The van der Waals surface area contributed by atoms with E-state index < -0.39 is 15.8 Å². The van der Waals surface area contributed by atoms with Crippen LogP contribution in [0.15, 0.2) is 46.2 Å². The molecule has 2 aliphatic rings. The Bertz CT molecular complexity index is 1290. The smallest absolute Gasteiger partial charge is 0.266 e. The van der Waals surface area contributed by atoms with Gasteiger partial charge in [-0.25, -0.2) is 22.2 Å². The van der Waals surface area contributed by atoms with Crippen molar-refractivity contribution in [1.82, 2.24) is 24.7 Å². The molecular formula is C19H19FN6O3S. The number of hydrogen-bond acceptors (Lipinski definition) is 6. The number of H-pyrrole nitrogens is 1. The van der Waals surface area contributed by atoms with Gasteiger partial charge in [0, 0.05) is 42.0 Å². The van der Waals surface area contributed by atoms with Crippen molar-refractivity contribution in [3.05, 3.63) is 64.0 Å². The fourth-order valence-electron chi connectivity index (χ4n) is 4.21. The zero-order valence-electron chi connectivity index (χ0n) is 15.8. The molecule has 0 bridgehead atoms. The second-order valence-electron chi connectivity index (χ2n) is 7.53. The Kier molecular flexibility index (Phi) is 4.44. The molecule has 2 aromatic heterocycles. The molecule has 0 saturated heterocycles. The van der Waals surface area contributed by atoms with Crippen LogP contribution in [0.2, 0.25) is 0 Å². The standard InChI is InChI=1S/C19H19FN6O3S/c20-19-13-10-22-30(28,29)16(13)6-5-14(19)23-17-9-15(24-25-17)11-3-4-12(8-11)26-18(27)2-1-7-21-26/h1-2,5-7,9,11-12,22H,3-4,8,10H2,(H2,23,24,25)/t11-,12+/m1/s1. The van der Waals surface area contributed by atoms with Crippen LogP contribution in [0, 0.1) is 5.82 Å².